The van der Waals surface area contributed by atoms with Gasteiger partial charge in [0.1, 0.15) is 0 Å². The van der Waals surface area contributed by atoms with Crippen molar-refractivity contribution < 1.29 is 0 Å². The summed E-state index contributed by atoms with van der Waals surface area (Å²) in [4.78, 5) is 5.70. The van der Waals surface area contributed by atoms with Crippen LogP contribution in [0.3, 0.4) is 0 Å². The molecule has 3 aliphatic carbocycles. The Morgan fingerprint density at radius 1 is 0.821 bits per heavy atom. The number of rotatable bonds is 6. The number of thioether (sulfide) groups is 1. The minimum atomic E-state index is 0.573. The molecule has 0 N–H and O–H groups in total. The summed E-state index contributed by atoms with van der Waals surface area (Å²) in [6.07, 6.45) is 24.8. The topological polar surface area (TPSA) is 6.48 Å². The molecule has 0 radical (unpaired) electrons. The van der Waals surface area contributed by atoms with E-state index in [1.807, 2.05) is 0 Å². The first kappa shape index (κ1) is 19.8. The zero-order valence-electron chi connectivity index (χ0n) is 18.0. The quantitative estimate of drug-likeness (QED) is 0.492. The molecule has 2 heterocycles. The van der Waals surface area contributed by atoms with Crippen LogP contribution < -0.4 is 0 Å². The highest BCUT2D eigenvalue weighted by atomic mass is 32.2. The molecule has 0 aromatic carbocycles. The Balaban J connectivity index is 1.12. The number of piperidine rings is 1. The standard InChI is InChI=1S/C25H42N2S/c1-3-7-21(8-4-1)11-16-26-17-12-22(13-18-26)24-27(19-20-28-24)25(14-15-25)23-9-5-2-6-10-23/h19-24H,1-18H2. The van der Waals surface area contributed by atoms with Gasteiger partial charge >= 0.3 is 0 Å². The molecule has 0 aromatic rings. The molecular formula is C25H42N2S. The van der Waals surface area contributed by atoms with Crippen molar-refractivity contribution in [2.45, 2.75) is 107 Å². The van der Waals surface area contributed by atoms with Crippen molar-refractivity contribution in [2.24, 2.45) is 17.8 Å². The minimum Gasteiger partial charge on any atom is -0.359 e. The Morgan fingerprint density at radius 3 is 2.18 bits per heavy atom. The van der Waals surface area contributed by atoms with Gasteiger partial charge in [-0.1, -0.05) is 51.4 Å². The fourth-order valence-corrected chi connectivity index (χ4v) is 8.29. The van der Waals surface area contributed by atoms with Gasteiger partial charge in [0, 0.05) is 11.7 Å². The van der Waals surface area contributed by atoms with Gasteiger partial charge in [0.2, 0.25) is 0 Å². The van der Waals surface area contributed by atoms with Crippen LogP contribution in [0.2, 0.25) is 0 Å². The molecule has 3 saturated carbocycles. The maximum absolute atomic E-state index is 2.90. The van der Waals surface area contributed by atoms with Gasteiger partial charge in [-0.05, 0) is 87.7 Å². The van der Waals surface area contributed by atoms with Crippen molar-refractivity contribution in [3.05, 3.63) is 11.6 Å². The maximum atomic E-state index is 2.90. The van der Waals surface area contributed by atoms with Crippen LogP contribution in [0.4, 0.5) is 0 Å². The number of hydrogen-bond donors (Lipinski definition) is 0. The second kappa shape index (κ2) is 8.92. The second-order valence-electron chi connectivity index (χ2n) is 10.6. The van der Waals surface area contributed by atoms with Gasteiger partial charge in [-0.25, -0.2) is 0 Å². The van der Waals surface area contributed by atoms with E-state index in [1.165, 1.54) is 116 Å². The van der Waals surface area contributed by atoms with Crippen molar-refractivity contribution in [1.29, 1.82) is 0 Å². The van der Waals surface area contributed by atoms with Crippen LogP contribution in [0, 0.1) is 17.8 Å². The van der Waals surface area contributed by atoms with Crippen molar-refractivity contribution in [2.75, 3.05) is 19.6 Å². The van der Waals surface area contributed by atoms with Crippen LogP contribution in [0.5, 0.6) is 0 Å². The van der Waals surface area contributed by atoms with Crippen LogP contribution >= 0.6 is 11.8 Å². The first-order chi connectivity index (χ1) is 13.9. The highest BCUT2D eigenvalue weighted by Gasteiger charge is 2.56. The normalized spacial score (nSPS) is 32.9. The van der Waals surface area contributed by atoms with Gasteiger partial charge in [0.25, 0.3) is 0 Å². The monoisotopic (exact) mass is 402 g/mol. The molecule has 4 fully saturated rings. The molecular weight excluding hydrogens is 360 g/mol. The van der Waals surface area contributed by atoms with E-state index in [0.29, 0.717) is 5.54 Å². The molecule has 0 amide bonds. The lowest BCUT2D eigenvalue weighted by Gasteiger charge is -2.45. The van der Waals surface area contributed by atoms with Gasteiger partial charge in [-0.2, -0.15) is 0 Å². The van der Waals surface area contributed by atoms with Crippen LogP contribution in [0.1, 0.15) is 96.3 Å². The average molecular weight is 403 g/mol. The Labute approximate surface area is 177 Å². The highest BCUT2D eigenvalue weighted by Crippen LogP contribution is 2.57. The van der Waals surface area contributed by atoms with E-state index in [4.69, 9.17) is 0 Å². The molecule has 1 unspecified atom stereocenters. The van der Waals surface area contributed by atoms with Crippen molar-refractivity contribution in [3.8, 4) is 0 Å². The molecule has 0 spiro atoms. The van der Waals surface area contributed by atoms with Crippen LogP contribution in [-0.2, 0) is 0 Å². The minimum absolute atomic E-state index is 0.573. The molecule has 2 aliphatic heterocycles. The molecule has 5 aliphatic rings. The van der Waals surface area contributed by atoms with Gasteiger partial charge < -0.3 is 9.80 Å². The average Bonchev–Trinajstić information content (AvgIpc) is 3.43. The summed E-state index contributed by atoms with van der Waals surface area (Å²) < 4.78 is 0. The van der Waals surface area contributed by atoms with Crippen LogP contribution in [0.25, 0.3) is 0 Å². The summed E-state index contributed by atoms with van der Waals surface area (Å²) in [6, 6.07) is 0. The summed E-state index contributed by atoms with van der Waals surface area (Å²) >= 11 is 2.15. The third kappa shape index (κ3) is 4.17. The van der Waals surface area contributed by atoms with E-state index in [1.54, 1.807) is 0 Å². The largest absolute Gasteiger partial charge is 0.359 e. The zero-order chi connectivity index (χ0) is 18.8. The molecule has 0 aromatic heterocycles. The second-order valence-corrected chi connectivity index (χ2v) is 11.7. The number of nitrogens with zero attached hydrogens (tertiary/aromatic N) is 2. The van der Waals surface area contributed by atoms with Crippen LogP contribution in [0.15, 0.2) is 11.6 Å². The van der Waals surface area contributed by atoms with E-state index >= 15 is 0 Å². The van der Waals surface area contributed by atoms with Gasteiger partial charge in [0.05, 0.1) is 5.37 Å². The lowest BCUT2D eigenvalue weighted by atomic mass is 9.81. The Morgan fingerprint density at radius 2 is 1.50 bits per heavy atom. The van der Waals surface area contributed by atoms with Gasteiger partial charge in [0.15, 0.2) is 0 Å². The maximum Gasteiger partial charge on any atom is 0.0821 e. The third-order valence-electron chi connectivity index (χ3n) is 8.97. The van der Waals surface area contributed by atoms with Gasteiger partial charge in [-0.3, -0.25) is 0 Å². The van der Waals surface area contributed by atoms with Crippen molar-refractivity contribution >= 4 is 11.8 Å². The molecule has 0 bridgehead atoms. The summed E-state index contributed by atoms with van der Waals surface area (Å²) in [5.41, 5.74) is 0.573. The van der Waals surface area contributed by atoms with E-state index in [-0.39, 0.29) is 0 Å². The predicted octanol–water partition coefficient (Wildman–Crippen LogP) is 6.63. The van der Waals surface area contributed by atoms with E-state index in [0.717, 1.165) is 23.1 Å². The first-order valence-corrected chi connectivity index (χ1v) is 13.6. The van der Waals surface area contributed by atoms with E-state index in [9.17, 15) is 0 Å². The van der Waals surface area contributed by atoms with Crippen molar-refractivity contribution in [3.63, 3.8) is 0 Å². The van der Waals surface area contributed by atoms with Gasteiger partial charge in [-0.15, -0.1) is 11.8 Å². The molecule has 3 heteroatoms. The molecule has 1 saturated heterocycles. The van der Waals surface area contributed by atoms with E-state index in [2.05, 4.69) is 33.2 Å². The lowest BCUT2D eigenvalue weighted by molar-refractivity contribution is 0.0865. The van der Waals surface area contributed by atoms with Crippen molar-refractivity contribution in [1.82, 2.24) is 9.80 Å². The molecule has 2 nitrogen and oxygen atoms in total. The summed E-state index contributed by atoms with van der Waals surface area (Å²) in [7, 11) is 0. The SMILES string of the molecule is C1=CN(C2(C3CCCCC3)CC2)C(C2CCN(CCC3CCCCC3)CC2)S1. The Bertz CT molecular complexity index is 523. The molecule has 28 heavy (non-hydrogen) atoms. The first-order valence-electron chi connectivity index (χ1n) is 12.7. The predicted molar refractivity (Wildman–Crippen MR) is 121 cm³/mol. The summed E-state index contributed by atoms with van der Waals surface area (Å²) in [5.74, 6) is 2.94. The van der Waals surface area contributed by atoms with Crippen LogP contribution in [-0.4, -0.2) is 40.3 Å². The summed E-state index contributed by atoms with van der Waals surface area (Å²) in [6.45, 7) is 4.10. The summed E-state index contributed by atoms with van der Waals surface area (Å²) in [5, 5.41) is 3.19. The number of likely N-dealkylation sites (tertiary alicyclic amines) is 1. The smallest absolute Gasteiger partial charge is 0.0821 e. The number of hydrogen-bond acceptors (Lipinski definition) is 3. The third-order valence-corrected chi connectivity index (χ3v) is 10.1. The lowest BCUT2D eigenvalue weighted by Crippen LogP contribution is -2.48. The molecule has 1 atom stereocenters. The Hall–Kier alpha value is -0.150. The fraction of sp³-hybridized carbons (Fsp3) is 0.920. The molecule has 5 rings (SSSR count). The molecule has 158 valence electrons. The zero-order valence-corrected chi connectivity index (χ0v) is 18.8. The van der Waals surface area contributed by atoms with E-state index < -0.39 is 0 Å². The Kier molecular flexibility index (Phi) is 6.30. The highest BCUT2D eigenvalue weighted by molar-refractivity contribution is 8.02. The fourth-order valence-electron chi connectivity index (χ4n) is 7.02.